The number of anilines is 1. The van der Waals surface area contributed by atoms with Crippen LogP contribution in [0.25, 0.3) is 10.9 Å². The molecule has 5 nitrogen and oxygen atoms in total. The molecular formula is C15H14N4O. The van der Waals surface area contributed by atoms with E-state index in [2.05, 4.69) is 20.3 Å². The van der Waals surface area contributed by atoms with E-state index >= 15 is 0 Å². The van der Waals surface area contributed by atoms with Crippen molar-refractivity contribution in [2.24, 2.45) is 0 Å². The predicted molar refractivity (Wildman–Crippen MR) is 78.0 cm³/mol. The molecule has 5 heteroatoms. The standard InChI is InChI=1S/C15H14N4O/c1-2-16-14-8-15(19-10-18-14)20-12-7-11-5-3-4-6-13(11)17-9-12/h3-10H,2H2,1H3,(H,16,18,19). The SMILES string of the molecule is CCNc1cc(Oc2cnc3ccccc3c2)ncn1. The first-order valence-corrected chi connectivity index (χ1v) is 6.44. The second-order valence-electron chi connectivity index (χ2n) is 4.24. The predicted octanol–water partition coefficient (Wildman–Crippen LogP) is 3.25. The number of pyridine rings is 1. The molecule has 0 fully saturated rings. The number of rotatable bonds is 4. The zero-order valence-corrected chi connectivity index (χ0v) is 11.1. The summed E-state index contributed by atoms with van der Waals surface area (Å²) in [5.74, 6) is 1.89. The van der Waals surface area contributed by atoms with E-state index < -0.39 is 0 Å². The van der Waals surface area contributed by atoms with Crippen LogP contribution in [-0.2, 0) is 0 Å². The highest BCUT2D eigenvalue weighted by Gasteiger charge is 2.03. The first-order chi connectivity index (χ1) is 9.85. The summed E-state index contributed by atoms with van der Waals surface area (Å²) in [6.07, 6.45) is 3.17. The Balaban J connectivity index is 1.87. The summed E-state index contributed by atoms with van der Waals surface area (Å²) in [6, 6.07) is 11.6. The summed E-state index contributed by atoms with van der Waals surface area (Å²) in [4.78, 5) is 12.6. The topological polar surface area (TPSA) is 59.9 Å². The van der Waals surface area contributed by atoms with Gasteiger partial charge in [0.15, 0.2) is 0 Å². The molecular weight excluding hydrogens is 252 g/mol. The van der Waals surface area contributed by atoms with Crippen LogP contribution in [0.2, 0.25) is 0 Å². The summed E-state index contributed by atoms with van der Waals surface area (Å²) in [5, 5.41) is 4.15. The fourth-order valence-electron chi connectivity index (χ4n) is 1.90. The molecule has 0 bridgehead atoms. The number of fused-ring (bicyclic) bond motifs is 1. The minimum atomic E-state index is 0.494. The van der Waals surface area contributed by atoms with Gasteiger partial charge in [-0.2, -0.15) is 0 Å². The number of hydrogen-bond acceptors (Lipinski definition) is 5. The Kier molecular flexibility index (Phi) is 3.41. The Labute approximate surface area is 116 Å². The molecule has 0 amide bonds. The van der Waals surface area contributed by atoms with Gasteiger partial charge in [0.05, 0.1) is 11.7 Å². The van der Waals surface area contributed by atoms with Gasteiger partial charge in [0, 0.05) is 18.0 Å². The fourth-order valence-corrected chi connectivity index (χ4v) is 1.90. The smallest absolute Gasteiger partial charge is 0.224 e. The minimum absolute atomic E-state index is 0.494. The zero-order valence-electron chi connectivity index (χ0n) is 11.1. The highest BCUT2D eigenvalue weighted by Crippen LogP contribution is 2.23. The molecule has 0 radical (unpaired) electrons. The Bertz CT molecular complexity index is 730. The van der Waals surface area contributed by atoms with Crippen molar-refractivity contribution in [3.63, 3.8) is 0 Å². The molecule has 2 heterocycles. The third kappa shape index (κ3) is 2.66. The Morgan fingerprint density at radius 3 is 2.90 bits per heavy atom. The lowest BCUT2D eigenvalue weighted by atomic mass is 10.2. The number of hydrogen-bond donors (Lipinski definition) is 1. The van der Waals surface area contributed by atoms with Gasteiger partial charge in [-0.1, -0.05) is 18.2 Å². The monoisotopic (exact) mass is 266 g/mol. The van der Waals surface area contributed by atoms with Gasteiger partial charge < -0.3 is 10.1 Å². The molecule has 20 heavy (non-hydrogen) atoms. The number of para-hydroxylation sites is 1. The van der Waals surface area contributed by atoms with Gasteiger partial charge in [0.2, 0.25) is 5.88 Å². The average Bonchev–Trinajstić information content (AvgIpc) is 2.48. The van der Waals surface area contributed by atoms with Crippen molar-refractivity contribution in [1.29, 1.82) is 0 Å². The molecule has 0 atom stereocenters. The van der Waals surface area contributed by atoms with Gasteiger partial charge in [0.25, 0.3) is 0 Å². The van der Waals surface area contributed by atoms with Crippen molar-refractivity contribution in [3.8, 4) is 11.6 Å². The van der Waals surface area contributed by atoms with Crippen LogP contribution in [0.4, 0.5) is 5.82 Å². The van der Waals surface area contributed by atoms with E-state index in [0.29, 0.717) is 11.6 Å². The molecule has 3 rings (SSSR count). The van der Waals surface area contributed by atoms with Crippen molar-refractivity contribution in [2.75, 3.05) is 11.9 Å². The number of benzene rings is 1. The average molecular weight is 266 g/mol. The molecule has 100 valence electrons. The van der Waals surface area contributed by atoms with Crippen LogP contribution < -0.4 is 10.1 Å². The molecule has 1 aromatic carbocycles. The second kappa shape index (κ2) is 5.52. The summed E-state index contributed by atoms with van der Waals surface area (Å²) >= 11 is 0. The summed E-state index contributed by atoms with van der Waals surface area (Å²) in [7, 11) is 0. The molecule has 0 aliphatic rings. The van der Waals surface area contributed by atoms with Crippen LogP contribution >= 0.6 is 0 Å². The fraction of sp³-hybridized carbons (Fsp3) is 0.133. The third-order valence-corrected chi connectivity index (χ3v) is 2.79. The van der Waals surface area contributed by atoms with Gasteiger partial charge in [0.1, 0.15) is 17.9 Å². The van der Waals surface area contributed by atoms with Crippen molar-refractivity contribution in [2.45, 2.75) is 6.92 Å². The van der Waals surface area contributed by atoms with Gasteiger partial charge in [-0.3, -0.25) is 4.98 Å². The Morgan fingerprint density at radius 2 is 2.00 bits per heavy atom. The molecule has 0 saturated carbocycles. The lowest BCUT2D eigenvalue weighted by molar-refractivity contribution is 0.460. The third-order valence-electron chi connectivity index (χ3n) is 2.79. The lowest BCUT2D eigenvalue weighted by Gasteiger charge is -2.07. The minimum Gasteiger partial charge on any atom is -0.437 e. The van der Waals surface area contributed by atoms with Crippen molar-refractivity contribution in [1.82, 2.24) is 15.0 Å². The molecule has 1 N–H and O–H groups in total. The molecule has 0 spiro atoms. The highest BCUT2D eigenvalue weighted by atomic mass is 16.5. The van der Waals surface area contributed by atoms with Gasteiger partial charge in [-0.25, -0.2) is 9.97 Å². The summed E-state index contributed by atoms with van der Waals surface area (Å²) in [5.41, 5.74) is 0.941. The lowest BCUT2D eigenvalue weighted by Crippen LogP contribution is -2.00. The normalized spacial score (nSPS) is 10.4. The van der Waals surface area contributed by atoms with Crippen LogP contribution in [0.1, 0.15) is 6.92 Å². The van der Waals surface area contributed by atoms with Gasteiger partial charge in [-0.05, 0) is 19.1 Å². The maximum absolute atomic E-state index is 5.72. The zero-order chi connectivity index (χ0) is 13.8. The van der Waals surface area contributed by atoms with Crippen molar-refractivity contribution in [3.05, 3.63) is 48.9 Å². The molecule has 0 aliphatic heterocycles. The molecule has 2 aromatic heterocycles. The summed E-state index contributed by atoms with van der Waals surface area (Å²) in [6.45, 7) is 2.81. The van der Waals surface area contributed by atoms with Crippen LogP contribution in [0.3, 0.4) is 0 Å². The van der Waals surface area contributed by atoms with E-state index in [4.69, 9.17) is 4.74 Å². The van der Waals surface area contributed by atoms with Crippen LogP contribution in [0.15, 0.2) is 48.9 Å². The van der Waals surface area contributed by atoms with Crippen LogP contribution in [-0.4, -0.2) is 21.5 Å². The van der Waals surface area contributed by atoms with Gasteiger partial charge in [-0.15, -0.1) is 0 Å². The van der Waals surface area contributed by atoms with Crippen molar-refractivity contribution >= 4 is 16.7 Å². The molecule has 0 unspecified atom stereocenters. The molecule has 0 aliphatic carbocycles. The number of nitrogens with zero attached hydrogens (tertiary/aromatic N) is 3. The van der Waals surface area contributed by atoms with E-state index in [0.717, 1.165) is 23.3 Å². The quantitative estimate of drug-likeness (QED) is 0.785. The van der Waals surface area contributed by atoms with Crippen LogP contribution in [0, 0.1) is 0 Å². The first-order valence-electron chi connectivity index (χ1n) is 6.44. The van der Waals surface area contributed by atoms with E-state index in [1.165, 1.54) is 6.33 Å². The largest absolute Gasteiger partial charge is 0.437 e. The van der Waals surface area contributed by atoms with E-state index in [9.17, 15) is 0 Å². The maximum Gasteiger partial charge on any atom is 0.224 e. The number of nitrogens with one attached hydrogen (secondary N) is 1. The van der Waals surface area contributed by atoms with E-state index in [1.807, 2.05) is 37.3 Å². The van der Waals surface area contributed by atoms with Gasteiger partial charge >= 0.3 is 0 Å². The van der Waals surface area contributed by atoms with E-state index in [-0.39, 0.29) is 0 Å². The second-order valence-corrected chi connectivity index (χ2v) is 4.24. The number of aromatic nitrogens is 3. The summed E-state index contributed by atoms with van der Waals surface area (Å²) < 4.78 is 5.72. The number of ether oxygens (including phenoxy) is 1. The highest BCUT2D eigenvalue weighted by molar-refractivity contribution is 5.79. The van der Waals surface area contributed by atoms with E-state index in [1.54, 1.807) is 12.3 Å². The first kappa shape index (κ1) is 12.3. The van der Waals surface area contributed by atoms with Crippen molar-refractivity contribution < 1.29 is 4.74 Å². The molecule has 0 saturated heterocycles. The maximum atomic E-state index is 5.72. The van der Waals surface area contributed by atoms with Crippen LogP contribution in [0.5, 0.6) is 11.6 Å². The Hall–Kier alpha value is -2.69. The Morgan fingerprint density at radius 1 is 1.10 bits per heavy atom. The molecule has 3 aromatic rings.